The molecular weight excluding hydrogens is 366 g/mol. The Morgan fingerprint density at radius 2 is 1.76 bits per heavy atom. The van der Waals surface area contributed by atoms with Gasteiger partial charge in [0.05, 0.1) is 0 Å². The maximum absolute atomic E-state index is 12.9. The van der Waals surface area contributed by atoms with E-state index < -0.39 is 0 Å². The highest BCUT2D eigenvalue weighted by molar-refractivity contribution is 5.95. The average molecular weight is 391 g/mol. The van der Waals surface area contributed by atoms with Crippen molar-refractivity contribution in [3.63, 3.8) is 0 Å². The highest BCUT2D eigenvalue weighted by atomic mass is 16.2. The van der Waals surface area contributed by atoms with Crippen LogP contribution in [0.5, 0.6) is 0 Å². The zero-order valence-electron chi connectivity index (χ0n) is 17.0. The molecule has 4 rings (SSSR count). The summed E-state index contributed by atoms with van der Waals surface area (Å²) in [5.74, 6) is 2.39. The molecule has 1 aromatic carbocycles. The van der Waals surface area contributed by atoms with E-state index in [4.69, 9.17) is 0 Å². The number of anilines is 2. The second-order valence-electron chi connectivity index (χ2n) is 7.31. The Bertz CT molecular complexity index is 992. The van der Waals surface area contributed by atoms with E-state index in [2.05, 4.69) is 20.0 Å². The van der Waals surface area contributed by atoms with E-state index in [1.165, 1.54) is 0 Å². The third kappa shape index (κ3) is 4.06. The summed E-state index contributed by atoms with van der Waals surface area (Å²) in [6.45, 7) is 4.66. The van der Waals surface area contributed by atoms with Crippen molar-refractivity contribution in [2.75, 3.05) is 50.1 Å². The van der Waals surface area contributed by atoms with Gasteiger partial charge in [-0.2, -0.15) is 5.10 Å². The van der Waals surface area contributed by atoms with E-state index in [-0.39, 0.29) is 5.91 Å². The maximum atomic E-state index is 12.9. The largest absolute Gasteiger partial charge is 0.378 e. The molecule has 1 fully saturated rings. The summed E-state index contributed by atoms with van der Waals surface area (Å²) in [5, 5.41) is 4.25. The van der Waals surface area contributed by atoms with Crippen molar-refractivity contribution >= 4 is 17.4 Å². The molecule has 1 amide bonds. The summed E-state index contributed by atoms with van der Waals surface area (Å²) in [6.07, 6.45) is 3.59. The zero-order chi connectivity index (χ0) is 20.4. The van der Waals surface area contributed by atoms with Crippen molar-refractivity contribution in [2.24, 2.45) is 0 Å². The molecule has 0 aliphatic carbocycles. The van der Waals surface area contributed by atoms with Crippen LogP contribution in [0.1, 0.15) is 16.2 Å². The fourth-order valence-corrected chi connectivity index (χ4v) is 3.46. The number of hydrogen-bond acceptors (Lipinski definition) is 6. The summed E-state index contributed by atoms with van der Waals surface area (Å²) in [6, 6.07) is 11.6. The smallest absolute Gasteiger partial charge is 0.254 e. The van der Waals surface area contributed by atoms with Crippen LogP contribution in [0, 0.1) is 6.92 Å². The van der Waals surface area contributed by atoms with Crippen molar-refractivity contribution in [1.29, 1.82) is 0 Å². The van der Waals surface area contributed by atoms with Crippen LogP contribution in [-0.4, -0.2) is 70.8 Å². The number of benzene rings is 1. The predicted molar refractivity (Wildman–Crippen MR) is 113 cm³/mol. The van der Waals surface area contributed by atoms with E-state index >= 15 is 0 Å². The van der Waals surface area contributed by atoms with Gasteiger partial charge in [0, 0.05) is 70.0 Å². The molecule has 0 radical (unpaired) electrons. The van der Waals surface area contributed by atoms with Gasteiger partial charge < -0.3 is 14.7 Å². The number of aryl methyl sites for hydroxylation is 1. The second-order valence-corrected chi connectivity index (χ2v) is 7.31. The van der Waals surface area contributed by atoms with Gasteiger partial charge >= 0.3 is 0 Å². The molecule has 0 saturated carbocycles. The van der Waals surface area contributed by atoms with Crippen LogP contribution >= 0.6 is 0 Å². The summed E-state index contributed by atoms with van der Waals surface area (Å²) in [4.78, 5) is 28.1. The lowest BCUT2D eigenvalue weighted by Crippen LogP contribution is -2.49. The first kappa shape index (κ1) is 18.9. The molecule has 0 bridgehead atoms. The van der Waals surface area contributed by atoms with Gasteiger partial charge in [0.25, 0.3) is 5.91 Å². The van der Waals surface area contributed by atoms with Gasteiger partial charge in [0.15, 0.2) is 5.82 Å². The van der Waals surface area contributed by atoms with E-state index in [1.54, 1.807) is 10.9 Å². The minimum Gasteiger partial charge on any atom is -0.378 e. The van der Waals surface area contributed by atoms with Crippen LogP contribution < -0.4 is 9.80 Å². The number of carbonyl (C=O) groups excluding carboxylic acids is 1. The van der Waals surface area contributed by atoms with Crippen LogP contribution in [0.2, 0.25) is 0 Å². The lowest BCUT2D eigenvalue weighted by Gasteiger charge is -2.35. The van der Waals surface area contributed by atoms with Crippen molar-refractivity contribution in [2.45, 2.75) is 6.92 Å². The normalized spacial score (nSPS) is 14.2. The molecule has 3 aromatic rings. The number of nitrogens with zero attached hydrogens (tertiary/aromatic N) is 7. The lowest BCUT2D eigenvalue weighted by atomic mass is 10.1. The molecule has 8 nitrogen and oxygen atoms in total. The molecule has 0 spiro atoms. The second kappa shape index (κ2) is 7.90. The topological polar surface area (TPSA) is 70.4 Å². The highest BCUT2D eigenvalue weighted by Gasteiger charge is 2.23. The van der Waals surface area contributed by atoms with Gasteiger partial charge in [0.2, 0.25) is 0 Å². The molecule has 0 unspecified atom stereocenters. The fraction of sp³-hybridized carbons (Fsp3) is 0.333. The van der Waals surface area contributed by atoms with Crippen molar-refractivity contribution in [3.8, 4) is 5.82 Å². The number of aromatic nitrogens is 4. The standard InChI is InChI=1S/C21H25N7O/c1-16-23-19(15-20(24-16)28-9-5-8-22-28)26-10-12-27(13-11-26)21(29)17-6-4-7-18(14-17)25(2)3/h4-9,14-15H,10-13H2,1-3H3. The van der Waals surface area contributed by atoms with Crippen LogP contribution in [0.3, 0.4) is 0 Å². The van der Waals surface area contributed by atoms with E-state index in [1.807, 2.05) is 73.4 Å². The molecule has 150 valence electrons. The number of piperazine rings is 1. The maximum Gasteiger partial charge on any atom is 0.254 e. The van der Waals surface area contributed by atoms with Gasteiger partial charge in [-0.05, 0) is 31.2 Å². The van der Waals surface area contributed by atoms with Crippen LogP contribution in [0.15, 0.2) is 48.8 Å². The SMILES string of the molecule is Cc1nc(N2CCN(C(=O)c3cccc(N(C)C)c3)CC2)cc(-n2cccn2)n1. The monoisotopic (exact) mass is 391 g/mol. The highest BCUT2D eigenvalue weighted by Crippen LogP contribution is 2.19. The van der Waals surface area contributed by atoms with E-state index in [9.17, 15) is 4.79 Å². The van der Waals surface area contributed by atoms with E-state index in [0.29, 0.717) is 18.9 Å². The van der Waals surface area contributed by atoms with Gasteiger partial charge in [-0.1, -0.05) is 6.07 Å². The predicted octanol–water partition coefficient (Wildman–Crippen LogP) is 2.00. The number of carbonyl (C=O) groups is 1. The molecule has 1 aliphatic rings. The Morgan fingerprint density at radius 1 is 1.00 bits per heavy atom. The number of hydrogen-bond donors (Lipinski definition) is 0. The molecule has 2 aromatic heterocycles. The molecule has 8 heteroatoms. The molecule has 1 aliphatic heterocycles. The Hall–Kier alpha value is -3.42. The number of rotatable bonds is 4. The Morgan fingerprint density at radius 3 is 2.45 bits per heavy atom. The minimum absolute atomic E-state index is 0.0736. The third-order valence-corrected chi connectivity index (χ3v) is 5.05. The molecule has 3 heterocycles. The Kier molecular flexibility index (Phi) is 5.16. The summed E-state index contributed by atoms with van der Waals surface area (Å²) < 4.78 is 1.73. The average Bonchev–Trinajstić information content (AvgIpc) is 3.28. The van der Waals surface area contributed by atoms with Gasteiger partial charge in [-0.25, -0.2) is 14.6 Å². The first-order valence-corrected chi connectivity index (χ1v) is 9.68. The van der Waals surface area contributed by atoms with Crippen molar-refractivity contribution in [1.82, 2.24) is 24.6 Å². The van der Waals surface area contributed by atoms with Crippen molar-refractivity contribution < 1.29 is 4.79 Å². The summed E-state index contributed by atoms with van der Waals surface area (Å²) in [5.41, 5.74) is 1.75. The van der Waals surface area contributed by atoms with Crippen LogP contribution in [0.25, 0.3) is 5.82 Å². The molecular formula is C21H25N7O. The fourth-order valence-electron chi connectivity index (χ4n) is 3.46. The Labute approximate surface area is 170 Å². The molecule has 29 heavy (non-hydrogen) atoms. The van der Waals surface area contributed by atoms with Crippen molar-refractivity contribution in [3.05, 3.63) is 60.2 Å². The zero-order valence-corrected chi connectivity index (χ0v) is 17.0. The molecule has 0 N–H and O–H groups in total. The minimum atomic E-state index is 0.0736. The summed E-state index contributed by atoms with van der Waals surface area (Å²) in [7, 11) is 3.95. The lowest BCUT2D eigenvalue weighted by molar-refractivity contribution is 0.0746. The Balaban J connectivity index is 1.46. The molecule has 1 saturated heterocycles. The summed E-state index contributed by atoms with van der Waals surface area (Å²) >= 11 is 0. The number of amides is 1. The van der Waals surface area contributed by atoms with Crippen LogP contribution in [-0.2, 0) is 0 Å². The van der Waals surface area contributed by atoms with E-state index in [0.717, 1.165) is 36.0 Å². The molecule has 0 atom stereocenters. The van der Waals surface area contributed by atoms with Gasteiger partial charge in [-0.3, -0.25) is 4.79 Å². The van der Waals surface area contributed by atoms with Gasteiger partial charge in [-0.15, -0.1) is 0 Å². The van der Waals surface area contributed by atoms with Crippen LogP contribution in [0.4, 0.5) is 11.5 Å². The first-order chi connectivity index (χ1) is 14.0. The quantitative estimate of drug-likeness (QED) is 0.678. The first-order valence-electron chi connectivity index (χ1n) is 9.68. The third-order valence-electron chi connectivity index (χ3n) is 5.05. The van der Waals surface area contributed by atoms with Gasteiger partial charge in [0.1, 0.15) is 11.6 Å².